The predicted molar refractivity (Wildman–Crippen MR) is 85.4 cm³/mol. The molecule has 0 saturated carbocycles. The Balaban J connectivity index is 2.51. The van der Waals surface area contributed by atoms with Gasteiger partial charge in [-0.15, -0.1) is 0 Å². The van der Waals surface area contributed by atoms with E-state index in [1.165, 1.54) is 24.3 Å². The lowest BCUT2D eigenvalue weighted by Crippen LogP contribution is -2.15. The Morgan fingerprint density at radius 1 is 1.08 bits per heavy atom. The van der Waals surface area contributed by atoms with Gasteiger partial charge in [0.15, 0.2) is 0 Å². The fourth-order valence-corrected chi connectivity index (χ4v) is 3.03. The normalized spacial score (nSPS) is 12.3. The molecule has 0 aromatic heterocycles. The van der Waals surface area contributed by atoms with E-state index in [0.717, 1.165) is 18.2 Å². The van der Waals surface area contributed by atoms with Gasteiger partial charge in [-0.3, -0.25) is 4.72 Å². The van der Waals surface area contributed by atoms with Gasteiger partial charge in [0.1, 0.15) is 0 Å². The fourth-order valence-electron chi connectivity index (χ4n) is 1.93. The third-order valence-electron chi connectivity index (χ3n) is 3.08. The third kappa shape index (κ3) is 4.83. The Kier molecular flexibility index (Phi) is 5.17. The molecule has 0 aliphatic rings. The summed E-state index contributed by atoms with van der Waals surface area (Å²) in [5, 5.41) is 8.65. The highest BCUT2D eigenvalue weighted by Gasteiger charge is 2.31. The number of sulfonamides is 1. The molecule has 5 nitrogen and oxygen atoms in total. The van der Waals surface area contributed by atoms with Crippen LogP contribution in [0.2, 0.25) is 0 Å². The van der Waals surface area contributed by atoms with E-state index in [1.807, 2.05) is 0 Å². The number of halogens is 3. The maximum absolute atomic E-state index is 12.9. The van der Waals surface area contributed by atoms with Crippen molar-refractivity contribution in [1.29, 1.82) is 0 Å². The molecule has 2 aromatic rings. The van der Waals surface area contributed by atoms with E-state index < -0.39 is 27.7 Å². The molecule has 0 saturated heterocycles. The number of rotatable bonds is 5. The van der Waals surface area contributed by atoms with Gasteiger partial charge < -0.3 is 5.11 Å². The van der Waals surface area contributed by atoms with E-state index in [1.54, 1.807) is 6.07 Å². The number of aliphatic carboxylic acids is 1. The molecule has 0 fully saturated rings. The van der Waals surface area contributed by atoms with Crippen molar-refractivity contribution < 1.29 is 31.5 Å². The number of hydrogen-bond acceptors (Lipinski definition) is 3. The molecule has 2 N–H and O–H groups in total. The minimum absolute atomic E-state index is 0.0186. The molecule has 0 aliphatic carbocycles. The highest BCUT2D eigenvalue weighted by molar-refractivity contribution is 7.92. The first-order valence-electron chi connectivity index (χ1n) is 6.80. The minimum Gasteiger partial charge on any atom is -0.478 e. The molecule has 0 aliphatic heterocycles. The summed E-state index contributed by atoms with van der Waals surface area (Å²) >= 11 is 0. The number of nitrogens with one attached hydrogen (secondary N) is 1. The van der Waals surface area contributed by atoms with Gasteiger partial charge in [0.2, 0.25) is 0 Å². The lowest BCUT2D eigenvalue weighted by Gasteiger charge is -2.14. The number of anilines is 1. The molecule has 0 spiro atoms. The Hall–Kier alpha value is -2.81. The van der Waals surface area contributed by atoms with E-state index in [0.29, 0.717) is 12.1 Å². The molecule has 2 rings (SSSR count). The van der Waals surface area contributed by atoms with Crippen molar-refractivity contribution in [3.8, 4) is 0 Å². The zero-order chi connectivity index (χ0) is 18.7. The second-order valence-electron chi connectivity index (χ2n) is 4.89. The topological polar surface area (TPSA) is 83.5 Å². The van der Waals surface area contributed by atoms with Crippen LogP contribution in [0.4, 0.5) is 18.9 Å². The van der Waals surface area contributed by atoms with E-state index in [-0.39, 0.29) is 16.1 Å². The minimum atomic E-state index is -4.68. The van der Waals surface area contributed by atoms with Crippen LogP contribution in [0.5, 0.6) is 0 Å². The standard InChI is InChI=1S/C16H12F3NO4S/c17-16(18,19)12-8-6-11(7-9-15(21)22)14(10-12)20-25(23,24)13-4-2-1-3-5-13/h1-10,20H,(H,21,22)/b9-7+. The third-order valence-corrected chi connectivity index (χ3v) is 4.47. The fraction of sp³-hybridized carbons (Fsp3) is 0.0625. The van der Waals surface area contributed by atoms with Crippen molar-refractivity contribution in [2.75, 3.05) is 4.72 Å². The SMILES string of the molecule is O=C(O)/C=C/c1ccc(C(F)(F)F)cc1NS(=O)(=O)c1ccccc1. The molecule has 132 valence electrons. The summed E-state index contributed by atoms with van der Waals surface area (Å²) in [4.78, 5) is 10.5. The summed E-state index contributed by atoms with van der Waals surface area (Å²) in [6.07, 6.45) is -2.98. The van der Waals surface area contributed by atoms with Crippen LogP contribution in [0, 0.1) is 0 Å². The van der Waals surface area contributed by atoms with E-state index in [9.17, 15) is 26.4 Å². The molecule has 25 heavy (non-hydrogen) atoms. The Labute approximate surface area is 141 Å². The van der Waals surface area contributed by atoms with Gasteiger partial charge in [-0.1, -0.05) is 24.3 Å². The Morgan fingerprint density at radius 2 is 1.72 bits per heavy atom. The first kappa shape index (κ1) is 18.5. The van der Waals surface area contributed by atoms with Gasteiger partial charge in [0.25, 0.3) is 10.0 Å². The van der Waals surface area contributed by atoms with Gasteiger partial charge in [-0.05, 0) is 35.9 Å². The quantitative estimate of drug-likeness (QED) is 0.787. The van der Waals surface area contributed by atoms with Crippen molar-refractivity contribution in [2.24, 2.45) is 0 Å². The second kappa shape index (κ2) is 6.98. The van der Waals surface area contributed by atoms with Crippen molar-refractivity contribution in [1.82, 2.24) is 0 Å². The second-order valence-corrected chi connectivity index (χ2v) is 6.57. The summed E-state index contributed by atoms with van der Waals surface area (Å²) in [6, 6.07) is 9.42. The van der Waals surface area contributed by atoms with Crippen molar-refractivity contribution in [2.45, 2.75) is 11.1 Å². The molecular formula is C16H12F3NO4S. The molecule has 9 heteroatoms. The predicted octanol–water partition coefficient (Wildman–Crippen LogP) is 3.60. The van der Waals surface area contributed by atoms with Crippen molar-refractivity contribution in [3.05, 3.63) is 65.7 Å². The molecule has 0 atom stereocenters. The van der Waals surface area contributed by atoms with Gasteiger partial charge in [0, 0.05) is 6.08 Å². The first-order chi connectivity index (χ1) is 11.6. The summed E-state index contributed by atoms with van der Waals surface area (Å²) in [6.45, 7) is 0. The van der Waals surface area contributed by atoms with Gasteiger partial charge in [-0.2, -0.15) is 13.2 Å². The summed E-state index contributed by atoms with van der Waals surface area (Å²) in [7, 11) is -4.14. The van der Waals surface area contributed by atoms with E-state index >= 15 is 0 Å². The average Bonchev–Trinajstić information content (AvgIpc) is 2.53. The maximum atomic E-state index is 12.9. The smallest absolute Gasteiger partial charge is 0.416 e. The van der Waals surface area contributed by atoms with Gasteiger partial charge in [-0.25, -0.2) is 13.2 Å². The number of benzene rings is 2. The van der Waals surface area contributed by atoms with Crippen LogP contribution in [0.3, 0.4) is 0 Å². The average molecular weight is 371 g/mol. The highest BCUT2D eigenvalue weighted by atomic mass is 32.2. The molecule has 0 unspecified atom stereocenters. The van der Waals surface area contributed by atoms with E-state index in [4.69, 9.17) is 5.11 Å². The zero-order valence-corrected chi connectivity index (χ0v) is 13.3. The van der Waals surface area contributed by atoms with Crippen LogP contribution in [-0.4, -0.2) is 19.5 Å². The molecule has 0 radical (unpaired) electrons. The van der Waals surface area contributed by atoms with Crippen LogP contribution in [0.15, 0.2) is 59.5 Å². The number of carboxylic acids is 1. The van der Waals surface area contributed by atoms with Crippen LogP contribution >= 0.6 is 0 Å². The monoisotopic (exact) mass is 371 g/mol. The number of alkyl halides is 3. The highest BCUT2D eigenvalue weighted by Crippen LogP contribution is 2.33. The number of carboxylic acid groups (broad SMARTS) is 1. The molecule has 0 heterocycles. The van der Waals surface area contributed by atoms with Crippen molar-refractivity contribution >= 4 is 27.8 Å². The molecule has 0 bridgehead atoms. The van der Waals surface area contributed by atoms with Crippen LogP contribution < -0.4 is 4.72 Å². The largest absolute Gasteiger partial charge is 0.478 e. The zero-order valence-electron chi connectivity index (χ0n) is 12.5. The lowest BCUT2D eigenvalue weighted by atomic mass is 10.1. The molecule has 2 aromatic carbocycles. The lowest BCUT2D eigenvalue weighted by molar-refractivity contribution is -0.137. The Morgan fingerprint density at radius 3 is 2.28 bits per heavy atom. The van der Waals surface area contributed by atoms with E-state index in [2.05, 4.69) is 4.72 Å². The van der Waals surface area contributed by atoms with Crippen LogP contribution in [0.25, 0.3) is 6.08 Å². The summed E-state index contributed by atoms with van der Waals surface area (Å²) in [5.41, 5.74) is -1.46. The molecule has 0 amide bonds. The van der Waals surface area contributed by atoms with Crippen LogP contribution in [0.1, 0.15) is 11.1 Å². The summed E-state index contributed by atoms with van der Waals surface area (Å²) < 4.78 is 65.3. The number of carbonyl (C=O) groups is 1. The number of hydrogen-bond donors (Lipinski definition) is 2. The maximum Gasteiger partial charge on any atom is 0.416 e. The molecular weight excluding hydrogens is 359 g/mol. The van der Waals surface area contributed by atoms with Crippen LogP contribution in [-0.2, 0) is 21.0 Å². The first-order valence-corrected chi connectivity index (χ1v) is 8.28. The Bertz CT molecular complexity index is 907. The van der Waals surface area contributed by atoms with Gasteiger partial charge >= 0.3 is 12.1 Å². The van der Waals surface area contributed by atoms with Gasteiger partial charge in [0.05, 0.1) is 16.1 Å². The summed E-state index contributed by atoms with van der Waals surface area (Å²) in [5.74, 6) is -1.32. The van der Waals surface area contributed by atoms with Crippen molar-refractivity contribution in [3.63, 3.8) is 0 Å².